The van der Waals surface area contributed by atoms with Crippen molar-refractivity contribution < 1.29 is 0 Å². The summed E-state index contributed by atoms with van der Waals surface area (Å²) in [5, 5.41) is 2.86. The Kier molecular flexibility index (Phi) is 4.84. The standard InChI is InChI=1S/C20H20NSi/c1-21(17-18-11-5-2-6-12-18)22(19-13-7-3-8-14-19)20-15-9-4-10-16-20/h2-16H,17H2,1H3. The van der Waals surface area contributed by atoms with E-state index in [-0.39, 0.29) is 0 Å². The molecule has 0 unspecified atom stereocenters. The SMILES string of the molecule is CN(Cc1ccccc1)[Si](c1ccccc1)c1ccccc1. The molecule has 3 aromatic carbocycles. The maximum atomic E-state index is 2.50. The Bertz CT molecular complexity index is 643. The highest BCUT2D eigenvalue weighted by molar-refractivity contribution is 6.82. The third-order valence-electron chi connectivity index (χ3n) is 3.74. The Labute approximate surface area is 134 Å². The van der Waals surface area contributed by atoms with Crippen molar-refractivity contribution in [1.29, 1.82) is 0 Å². The number of benzene rings is 3. The lowest BCUT2D eigenvalue weighted by Gasteiger charge is -2.27. The number of rotatable bonds is 5. The zero-order valence-electron chi connectivity index (χ0n) is 12.8. The predicted octanol–water partition coefficient (Wildman–Crippen LogP) is 2.92. The maximum Gasteiger partial charge on any atom is 0.209 e. The van der Waals surface area contributed by atoms with Crippen LogP contribution in [0.15, 0.2) is 91.0 Å². The average molecular weight is 302 g/mol. The first-order chi connectivity index (χ1) is 10.8. The fourth-order valence-electron chi connectivity index (χ4n) is 2.74. The van der Waals surface area contributed by atoms with Gasteiger partial charge in [0, 0.05) is 6.54 Å². The molecule has 2 heteroatoms. The molecule has 0 fully saturated rings. The molecule has 0 aliphatic carbocycles. The van der Waals surface area contributed by atoms with Gasteiger partial charge in [0.05, 0.1) is 0 Å². The Morgan fingerprint density at radius 1 is 0.636 bits per heavy atom. The zero-order chi connectivity index (χ0) is 15.2. The van der Waals surface area contributed by atoms with Gasteiger partial charge in [-0.15, -0.1) is 0 Å². The molecule has 3 aromatic rings. The molecule has 3 rings (SSSR count). The highest BCUT2D eigenvalue weighted by Crippen LogP contribution is 2.05. The van der Waals surface area contributed by atoms with Crippen LogP contribution in [-0.4, -0.2) is 20.6 Å². The molecule has 0 saturated carbocycles. The first kappa shape index (κ1) is 14.8. The second kappa shape index (κ2) is 7.21. The largest absolute Gasteiger partial charge is 0.316 e. The zero-order valence-corrected chi connectivity index (χ0v) is 13.8. The molecule has 0 bridgehead atoms. The summed E-state index contributed by atoms with van der Waals surface area (Å²) in [4.78, 5) is 0. The number of nitrogens with zero attached hydrogens (tertiary/aromatic N) is 1. The first-order valence-corrected chi connectivity index (χ1v) is 9.02. The van der Waals surface area contributed by atoms with Gasteiger partial charge in [0.2, 0.25) is 8.96 Å². The molecule has 0 N–H and O–H groups in total. The fourth-order valence-corrected chi connectivity index (χ4v) is 5.31. The summed E-state index contributed by atoms with van der Waals surface area (Å²) in [6.45, 7) is 0.971. The molecule has 0 aliphatic heterocycles. The van der Waals surface area contributed by atoms with Crippen molar-refractivity contribution in [3.05, 3.63) is 96.6 Å². The summed E-state index contributed by atoms with van der Waals surface area (Å²) in [5.74, 6) is 0. The van der Waals surface area contributed by atoms with Crippen molar-refractivity contribution in [1.82, 2.24) is 4.57 Å². The summed E-state index contributed by atoms with van der Waals surface area (Å²) >= 11 is 0. The summed E-state index contributed by atoms with van der Waals surface area (Å²) in [6, 6.07) is 32.4. The van der Waals surface area contributed by atoms with E-state index >= 15 is 0 Å². The molecule has 0 saturated heterocycles. The molecule has 1 radical (unpaired) electrons. The van der Waals surface area contributed by atoms with Gasteiger partial charge in [-0.2, -0.15) is 0 Å². The Balaban J connectivity index is 1.92. The Morgan fingerprint density at radius 2 is 1.05 bits per heavy atom. The predicted molar refractivity (Wildman–Crippen MR) is 95.8 cm³/mol. The van der Waals surface area contributed by atoms with E-state index in [1.54, 1.807) is 0 Å². The van der Waals surface area contributed by atoms with Crippen LogP contribution in [0.5, 0.6) is 0 Å². The molecular weight excluding hydrogens is 282 g/mol. The lowest BCUT2D eigenvalue weighted by molar-refractivity contribution is 0.528. The lowest BCUT2D eigenvalue weighted by atomic mass is 10.2. The topological polar surface area (TPSA) is 3.24 Å². The molecule has 0 heterocycles. The van der Waals surface area contributed by atoms with E-state index in [9.17, 15) is 0 Å². The van der Waals surface area contributed by atoms with Gasteiger partial charge in [-0.3, -0.25) is 0 Å². The quantitative estimate of drug-likeness (QED) is 0.655. The summed E-state index contributed by atoms with van der Waals surface area (Å²) in [5.41, 5.74) is 1.36. The van der Waals surface area contributed by atoms with E-state index in [0.29, 0.717) is 0 Å². The molecule has 1 nitrogen and oxygen atoms in total. The second-order valence-corrected chi connectivity index (χ2v) is 8.04. The first-order valence-electron chi connectivity index (χ1n) is 7.57. The molecule has 0 aliphatic rings. The normalized spacial score (nSPS) is 11.0. The van der Waals surface area contributed by atoms with Crippen molar-refractivity contribution in [3.8, 4) is 0 Å². The van der Waals surface area contributed by atoms with E-state index in [4.69, 9.17) is 0 Å². The third-order valence-corrected chi connectivity index (χ3v) is 6.42. The minimum Gasteiger partial charge on any atom is -0.316 e. The van der Waals surface area contributed by atoms with Crippen LogP contribution in [-0.2, 0) is 6.54 Å². The molecular formula is C20H20NSi. The third kappa shape index (κ3) is 3.53. The van der Waals surface area contributed by atoms with Crippen molar-refractivity contribution >= 4 is 19.3 Å². The van der Waals surface area contributed by atoms with Crippen molar-refractivity contribution in [2.24, 2.45) is 0 Å². The molecule has 22 heavy (non-hydrogen) atoms. The van der Waals surface area contributed by atoms with Gasteiger partial charge in [-0.1, -0.05) is 91.0 Å². The number of hydrogen-bond acceptors (Lipinski definition) is 1. The van der Waals surface area contributed by atoms with Gasteiger partial charge < -0.3 is 4.57 Å². The summed E-state index contributed by atoms with van der Waals surface area (Å²) < 4.78 is 2.50. The van der Waals surface area contributed by atoms with Gasteiger partial charge in [0.1, 0.15) is 0 Å². The van der Waals surface area contributed by atoms with Gasteiger partial charge in [-0.05, 0) is 23.0 Å². The van der Waals surface area contributed by atoms with Gasteiger partial charge >= 0.3 is 0 Å². The van der Waals surface area contributed by atoms with Crippen LogP contribution in [0.1, 0.15) is 5.56 Å². The van der Waals surface area contributed by atoms with Crippen LogP contribution in [0.2, 0.25) is 0 Å². The van der Waals surface area contributed by atoms with Crippen LogP contribution in [0.3, 0.4) is 0 Å². The van der Waals surface area contributed by atoms with Crippen molar-refractivity contribution in [2.75, 3.05) is 7.05 Å². The van der Waals surface area contributed by atoms with Crippen molar-refractivity contribution in [3.63, 3.8) is 0 Å². The van der Waals surface area contributed by atoms with Gasteiger partial charge in [-0.25, -0.2) is 0 Å². The smallest absolute Gasteiger partial charge is 0.209 e. The Hall–Kier alpha value is -2.16. The van der Waals surface area contributed by atoms with Crippen LogP contribution < -0.4 is 10.4 Å². The minimum atomic E-state index is -0.942. The van der Waals surface area contributed by atoms with Gasteiger partial charge in [0.25, 0.3) is 0 Å². The maximum absolute atomic E-state index is 2.50. The highest BCUT2D eigenvalue weighted by Gasteiger charge is 2.22. The van der Waals surface area contributed by atoms with Crippen LogP contribution in [0.4, 0.5) is 0 Å². The summed E-state index contributed by atoms with van der Waals surface area (Å²) in [6.07, 6.45) is 0. The minimum absolute atomic E-state index is 0.942. The van der Waals surface area contributed by atoms with Crippen LogP contribution in [0, 0.1) is 0 Å². The molecule has 0 amide bonds. The number of hydrogen-bond donors (Lipinski definition) is 0. The lowest BCUT2D eigenvalue weighted by Crippen LogP contribution is -2.54. The average Bonchev–Trinajstić information content (AvgIpc) is 2.58. The van der Waals surface area contributed by atoms with Crippen molar-refractivity contribution in [2.45, 2.75) is 6.54 Å². The molecule has 0 atom stereocenters. The monoisotopic (exact) mass is 302 g/mol. The Morgan fingerprint density at radius 3 is 1.50 bits per heavy atom. The van der Waals surface area contributed by atoms with E-state index < -0.39 is 8.96 Å². The highest BCUT2D eigenvalue weighted by atomic mass is 28.3. The van der Waals surface area contributed by atoms with E-state index in [0.717, 1.165) is 6.54 Å². The van der Waals surface area contributed by atoms with E-state index in [2.05, 4.69) is 103 Å². The summed E-state index contributed by atoms with van der Waals surface area (Å²) in [7, 11) is 1.30. The van der Waals surface area contributed by atoms with Gasteiger partial charge in [0.15, 0.2) is 0 Å². The molecule has 0 spiro atoms. The molecule has 0 aromatic heterocycles. The molecule has 109 valence electrons. The van der Waals surface area contributed by atoms with Crippen LogP contribution >= 0.6 is 0 Å². The van der Waals surface area contributed by atoms with Crippen LogP contribution in [0.25, 0.3) is 0 Å². The fraction of sp³-hybridized carbons (Fsp3) is 0.100. The second-order valence-electron chi connectivity index (χ2n) is 5.42. The van der Waals surface area contributed by atoms with E-state index in [1.165, 1.54) is 15.9 Å². The van der Waals surface area contributed by atoms with E-state index in [1.807, 2.05) is 0 Å².